The molecule has 0 bridgehead atoms. The van der Waals surface area contributed by atoms with Crippen molar-refractivity contribution in [2.45, 2.75) is 11.7 Å². The second-order valence-corrected chi connectivity index (χ2v) is 9.14. The van der Waals surface area contributed by atoms with Gasteiger partial charge in [0.15, 0.2) is 5.16 Å². The Hall–Kier alpha value is -2.43. The van der Waals surface area contributed by atoms with Crippen LogP contribution in [-0.2, 0) is 21.4 Å². The summed E-state index contributed by atoms with van der Waals surface area (Å²) in [7, 11) is -3.51. The second kappa shape index (κ2) is 9.86. The van der Waals surface area contributed by atoms with Gasteiger partial charge in [0.1, 0.15) is 6.33 Å². The van der Waals surface area contributed by atoms with Crippen LogP contribution in [0.25, 0.3) is 6.08 Å². The summed E-state index contributed by atoms with van der Waals surface area (Å²) in [6.07, 6.45) is 4.92. The predicted octanol–water partition coefficient (Wildman–Crippen LogP) is 1.70. The van der Waals surface area contributed by atoms with E-state index in [0.29, 0.717) is 24.8 Å². The Balaban J connectivity index is 1.50. The van der Waals surface area contributed by atoms with Crippen molar-refractivity contribution in [3.8, 4) is 0 Å². The fraction of sp³-hybridized carbons (Fsp3) is 0.316. The lowest BCUT2D eigenvalue weighted by Crippen LogP contribution is -2.50. The molecule has 0 radical (unpaired) electrons. The van der Waals surface area contributed by atoms with E-state index < -0.39 is 10.0 Å². The Morgan fingerprint density at radius 2 is 1.90 bits per heavy atom. The summed E-state index contributed by atoms with van der Waals surface area (Å²) in [5.41, 5.74) is 0.825. The summed E-state index contributed by atoms with van der Waals surface area (Å²) in [5, 5.41) is 9.73. The van der Waals surface area contributed by atoms with Gasteiger partial charge in [0, 0.05) is 38.1 Å². The largest absolute Gasteiger partial charge is 0.339 e. The molecule has 1 fully saturated rings. The lowest BCUT2D eigenvalue weighted by molar-refractivity contribution is -0.129. The molecule has 3 rings (SSSR count). The van der Waals surface area contributed by atoms with E-state index in [4.69, 9.17) is 0 Å². The van der Waals surface area contributed by atoms with E-state index in [1.807, 2.05) is 34.9 Å². The molecular formula is C19H23N5O3S2. The number of thioether (sulfide) groups is 1. The number of amides is 1. The van der Waals surface area contributed by atoms with E-state index in [1.165, 1.54) is 21.5 Å². The smallest absolute Gasteiger partial charge is 0.236 e. The molecule has 1 saturated heterocycles. The van der Waals surface area contributed by atoms with Crippen molar-refractivity contribution in [2.24, 2.45) is 0 Å². The summed E-state index contributed by atoms with van der Waals surface area (Å²) in [4.78, 5) is 14.2. The highest BCUT2D eigenvalue weighted by molar-refractivity contribution is 7.99. The van der Waals surface area contributed by atoms with Crippen LogP contribution < -0.4 is 0 Å². The first-order valence-electron chi connectivity index (χ1n) is 9.12. The standard InChI is InChI=1S/C19H23N5O3S2/c1-2-9-23-16-20-21-19(23)28-15-18(25)22-10-12-24(13-11-22)29(26,27)14-8-17-6-4-3-5-7-17/h2-8,14,16H,1,9-13,15H2/b14-8+. The van der Waals surface area contributed by atoms with E-state index in [2.05, 4.69) is 16.8 Å². The molecule has 154 valence electrons. The minimum absolute atomic E-state index is 0.0416. The Labute approximate surface area is 175 Å². The molecule has 2 heterocycles. The van der Waals surface area contributed by atoms with Gasteiger partial charge in [-0.25, -0.2) is 8.42 Å². The molecule has 10 heteroatoms. The van der Waals surface area contributed by atoms with Gasteiger partial charge in [-0.05, 0) is 11.6 Å². The number of hydrogen-bond acceptors (Lipinski definition) is 6. The van der Waals surface area contributed by atoms with Crippen molar-refractivity contribution >= 4 is 33.8 Å². The molecule has 2 aromatic rings. The highest BCUT2D eigenvalue weighted by Crippen LogP contribution is 2.17. The zero-order valence-electron chi connectivity index (χ0n) is 15.9. The van der Waals surface area contributed by atoms with Crippen LogP contribution in [0.15, 0.2) is 59.9 Å². The first kappa shape index (κ1) is 21.3. The molecule has 0 saturated carbocycles. The average Bonchev–Trinajstić information content (AvgIpc) is 3.19. The SMILES string of the molecule is C=CCn1cnnc1SCC(=O)N1CCN(S(=O)(=O)/C=C/c2ccccc2)CC1. The summed E-state index contributed by atoms with van der Waals surface area (Å²) < 4.78 is 28.3. The Kier molecular flexibility index (Phi) is 7.24. The van der Waals surface area contributed by atoms with Crippen molar-refractivity contribution < 1.29 is 13.2 Å². The lowest BCUT2D eigenvalue weighted by atomic mass is 10.2. The van der Waals surface area contributed by atoms with Gasteiger partial charge in [0.2, 0.25) is 15.9 Å². The van der Waals surface area contributed by atoms with Crippen molar-refractivity contribution in [1.29, 1.82) is 0 Å². The van der Waals surface area contributed by atoms with E-state index in [9.17, 15) is 13.2 Å². The number of carbonyl (C=O) groups excluding carboxylic acids is 1. The van der Waals surface area contributed by atoms with Gasteiger partial charge in [-0.15, -0.1) is 16.8 Å². The molecule has 8 nitrogen and oxygen atoms in total. The van der Waals surface area contributed by atoms with Crippen molar-refractivity contribution in [2.75, 3.05) is 31.9 Å². The minimum atomic E-state index is -3.51. The summed E-state index contributed by atoms with van der Waals surface area (Å²) >= 11 is 1.31. The third-order valence-electron chi connectivity index (χ3n) is 4.41. The van der Waals surface area contributed by atoms with Crippen LogP contribution in [0.5, 0.6) is 0 Å². The van der Waals surface area contributed by atoms with Crippen LogP contribution >= 0.6 is 11.8 Å². The van der Waals surface area contributed by atoms with Gasteiger partial charge in [-0.2, -0.15) is 4.31 Å². The van der Waals surface area contributed by atoms with Gasteiger partial charge in [0.05, 0.1) is 5.75 Å². The maximum absolute atomic E-state index is 12.5. The van der Waals surface area contributed by atoms with E-state index >= 15 is 0 Å². The van der Waals surface area contributed by atoms with Crippen LogP contribution in [0.1, 0.15) is 5.56 Å². The summed E-state index contributed by atoms with van der Waals surface area (Å²) in [6, 6.07) is 9.28. The molecule has 29 heavy (non-hydrogen) atoms. The quantitative estimate of drug-likeness (QED) is 0.465. The van der Waals surface area contributed by atoms with Gasteiger partial charge in [-0.1, -0.05) is 48.2 Å². The van der Waals surface area contributed by atoms with Gasteiger partial charge in [-0.3, -0.25) is 4.79 Å². The highest BCUT2D eigenvalue weighted by atomic mass is 32.2. The van der Waals surface area contributed by atoms with Crippen LogP contribution in [0.2, 0.25) is 0 Å². The molecule has 0 atom stereocenters. The molecule has 0 spiro atoms. The van der Waals surface area contributed by atoms with Crippen LogP contribution in [0, 0.1) is 0 Å². The van der Waals surface area contributed by atoms with Gasteiger partial charge >= 0.3 is 0 Å². The number of benzene rings is 1. The fourth-order valence-electron chi connectivity index (χ4n) is 2.84. The second-order valence-electron chi connectivity index (χ2n) is 6.38. The molecule has 1 amide bonds. The molecule has 0 N–H and O–H groups in total. The third-order valence-corrected chi connectivity index (χ3v) is 6.94. The topological polar surface area (TPSA) is 88.4 Å². The van der Waals surface area contributed by atoms with Crippen molar-refractivity contribution in [1.82, 2.24) is 24.0 Å². The number of sulfonamides is 1. The Morgan fingerprint density at radius 1 is 1.17 bits per heavy atom. The van der Waals surface area contributed by atoms with Crippen LogP contribution in [-0.4, -0.2) is 70.2 Å². The molecule has 0 aliphatic carbocycles. The number of carbonyl (C=O) groups is 1. The van der Waals surface area contributed by atoms with Crippen molar-refractivity contribution in [3.05, 3.63) is 60.3 Å². The summed E-state index contributed by atoms with van der Waals surface area (Å²) in [6.45, 7) is 5.57. The third kappa shape index (κ3) is 5.78. The number of rotatable bonds is 8. The van der Waals surface area contributed by atoms with Gasteiger partial charge in [0.25, 0.3) is 0 Å². The van der Waals surface area contributed by atoms with Crippen LogP contribution in [0.4, 0.5) is 0 Å². The Bertz CT molecular complexity index is 965. The number of hydrogen-bond donors (Lipinski definition) is 0. The monoisotopic (exact) mass is 433 g/mol. The molecular weight excluding hydrogens is 410 g/mol. The molecule has 1 aliphatic heterocycles. The zero-order chi connectivity index (χ0) is 20.7. The minimum Gasteiger partial charge on any atom is -0.339 e. The maximum atomic E-state index is 12.5. The fourth-order valence-corrected chi connectivity index (χ4v) is 4.85. The van der Waals surface area contributed by atoms with Crippen molar-refractivity contribution in [3.63, 3.8) is 0 Å². The molecule has 1 aromatic carbocycles. The number of aromatic nitrogens is 3. The Morgan fingerprint density at radius 3 is 2.59 bits per heavy atom. The first-order chi connectivity index (χ1) is 14.0. The molecule has 0 unspecified atom stereocenters. The van der Waals surface area contributed by atoms with E-state index in [1.54, 1.807) is 23.4 Å². The summed E-state index contributed by atoms with van der Waals surface area (Å²) in [5.74, 6) is 0.191. The number of allylic oxidation sites excluding steroid dienone is 1. The average molecular weight is 434 g/mol. The normalized spacial score (nSPS) is 15.7. The van der Waals surface area contributed by atoms with E-state index in [0.717, 1.165) is 5.56 Å². The number of piperazine rings is 1. The number of nitrogens with zero attached hydrogens (tertiary/aromatic N) is 5. The highest BCUT2D eigenvalue weighted by Gasteiger charge is 2.27. The molecule has 1 aromatic heterocycles. The maximum Gasteiger partial charge on any atom is 0.236 e. The first-order valence-corrected chi connectivity index (χ1v) is 11.6. The predicted molar refractivity (Wildman–Crippen MR) is 113 cm³/mol. The van der Waals surface area contributed by atoms with E-state index in [-0.39, 0.29) is 24.7 Å². The van der Waals surface area contributed by atoms with Gasteiger partial charge < -0.3 is 9.47 Å². The molecule has 1 aliphatic rings. The zero-order valence-corrected chi connectivity index (χ0v) is 17.6. The van der Waals surface area contributed by atoms with Crippen LogP contribution in [0.3, 0.4) is 0 Å². The lowest BCUT2D eigenvalue weighted by Gasteiger charge is -2.33.